The summed E-state index contributed by atoms with van der Waals surface area (Å²) in [5, 5.41) is 0. The van der Waals surface area contributed by atoms with E-state index in [-0.39, 0.29) is 0 Å². The van der Waals surface area contributed by atoms with Crippen LogP contribution in [-0.2, 0) is 6.42 Å². The van der Waals surface area contributed by atoms with Gasteiger partial charge in [-0.25, -0.2) is 0 Å². The number of aryl methyl sites for hydroxylation is 3. The third-order valence-electron chi connectivity index (χ3n) is 3.01. The molecule has 0 bridgehead atoms. The molecule has 0 aliphatic carbocycles. The van der Waals surface area contributed by atoms with Crippen molar-refractivity contribution in [2.75, 3.05) is 6.61 Å². The van der Waals surface area contributed by atoms with Gasteiger partial charge in [0.25, 0.3) is 0 Å². The maximum atomic E-state index is 5.50. The number of rotatable bonds is 0. The van der Waals surface area contributed by atoms with Crippen molar-refractivity contribution < 1.29 is 4.74 Å². The van der Waals surface area contributed by atoms with Crippen molar-refractivity contribution in [3.05, 3.63) is 65.2 Å². The lowest BCUT2D eigenvalue weighted by Gasteiger charge is -2.16. The molecule has 1 nitrogen and oxygen atoms in total. The van der Waals surface area contributed by atoms with Gasteiger partial charge in [-0.3, -0.25) is 0 Å². The second-order valence-electron chi connectivity index (χ2n) is 4.72. The van der Waals surface area contributed by atoms with Gasteiger partial charge in [0.1, 0.15) is 5.75 Å². The van der Waals surface area contributed by atoms with Gasteiger partial charge in [-0.05, 0) is 43.9 Å². The van der Waals surface area contributed by atoms with Gasteiger partial charge >= 0.3 is 0 Å². The van der Waals surface area contributed by atoms with E-state index in [9.17, 15) is 0 Å². The molecule has 1 aliphatic rings. The molecule has 108 valence electrons. The Morgan fingerprint density at radius 3 is 2.15 bits per heavy atom. The maximum Gasteiger partial charge on any atom is 0.122 e. The minimum Gasteiger partial charge on any atom is -0.493 e. The molecule has 0 N–H and O–H groups in total. The van der Waals surface area contributed by atoms with E-state index in [0.717, 1.165) is 18.8 Å². The van der Waals surface area contributed by atoms with E-state index in [1.165, 1.54) is 23.1 Å². The monoisotopic (exact) mass is 270 g/mol. The van der Waals surface area contributed by atoms with Crippen LogP contribution in [0, 0.1) is 13.8 Å². The summed E-state index contributed by atoms with van der Waals surface area (Å²) in [6, 6.07) is 16.7. The molecule has 0 atom stereocenters. The first-order chi connectivity index (χ1) is 9.75. The maximum absolute atomic E-state index is 5.50. The fourth-order valence-electron chi connectivity index (χ4n) is 1.98. The van der Waals surface area contributed by atoms with Crippen LogP contribution in [0.1, 0.15) is 37.0 Å². The zero-order valence-electron chi connectivity index (χ0n) is 13.1. The highest BCUT2D eigenvalue weighted by molar-refractivity contribution is 5.38. The zero-order valence-corrected chi connectivity index (χ0v) is 13.1. The van der Waals surface area contributed by atoms with E-state index >= 15 is 0 Å². The number of hydrogen-bond acceptors (Lipinski definition) is 1. The summed E-state index contributed by atoms with van der Waals surface area (Å²) in [4.78, 5) is 0. The Labute approximate surface area is 123 Å². The third kappa shape index (κ3) is 5.48. The van der Waals surface area contributed by atoms with Gasteiger partial charge in [0, 0.05) is 0 Å². The van der Waals surface area contributed by atoms with E-state index in [1.807, 2.05) is 32.0 Å². The predicted octanol–water partition coefficient (Wildman–Crippen LogP) is 5.34. The summed E-state index contributed by atoms with van der Waals surface area (Å²) in [5.74, 6) is 1.09. The van der Waals surface area contributed by atoms with Gasteiger partial charge in [-0.1, -0.05) is 61.9 Å². The average Bonchev–Trinajstić information content (AvgIpc) is 2.50. The van der Waals surface area contributed by atoms with Crippen molar-refractivity contribution in [1.29, 1.82) is 0 Å². The molecule has 2 aromatic carbocycles. The van der Waals surface area contributed by atoms with Gasteiger partial charge in [-0.15, -0.1) is 0 Å². The molecule has 0 saturated carbocycles. The van der Waals surface area contributed by atoms with Crippen LogP contribution in [0.15, 0.2) is 48.5 Å². The lowest BCUT2D eigenvalue weighted by atomic mass is 10.0. The summed E-state index contributed by atoms with van der Waals surface area (Å²) >= 11 is 0. The second-order valence-corrected chi connectivity index (χ2v) is 4.72. The van der Waals surface area contributed by atoms with Gasteiger partial charge in [0.05, 0.1) is 6.61 Å². The molecule has 2 aromatic rings. The zero-order chi connectivity index (χ0) is 14.8. The summed E-state index contributed by atoms with van der Waals surface area (Å²) in [5.41, 5.74) is 3.97. The first-order valence-corrected chi connectivity index (χ1v) is 7.50. The van der Waals surface area contributed by atoms with Crippen LogP contribution in [0.2, 0.25) is 0 Å². The Bertz CT molecular complexity index is 488. The molecule has 1 heterocycles. The molecule has 1 aliphatic heterocycles. The Morgan fingerprint density at radius 1 is 0.850 bits per heavy atom. The molecule has 1 heteroatoms. The second kappa shape index (κ2) is 9.19. The first-order valence-electron chi connectivity index (χ1n) is 7.50. The third-order valence-corrected chi connectivity index (χ3v) is 3.01. The highest BCUT2D eigenvalue weighted by Crippen LogP contribution is 2.25. The van der Waals surface area contributed by atoms with Crippen LogP contribution in [0.5, 0.6) is 5.75 Å². The molecule has 0 unspecified atom stereocenters. The van der Waals surface area contributed by atoms with Crippen LogP contribution in [-0.4, -0.2) is 6.61 Å². The van der Waals surface area contributed by atoms with E-state index in [1.54, 1.807) is 0 Å². The van der Waals surface area contributed by atoms with Crippen molar-refractivity contribution in [2.24, 2.45) is 0 Å². The highest BCUT2D eigenvalue weighted by Gasteiger charge is 2.08. The van der Waals surface area contributed by atoms with Crippen LogP contribution in [0.4, 0.5) is 0 Å². The Balaban J connectivity index is 0.000000193. The first kappa shape index (κ1) is 16.3. The summed E-state index contributed by atoms with van der Waals surface area (Å²) in [7, 11) is 0. The smallest absolute Gasteiger partial charge is 0.122 e. The summed E-state index contributed by atoms with van der Waals surface area (Å²) in [6.07, 6.45) is 2.34. The fourth-order valence-corrected chi connectivity index (χ4v) is 1.98. The van der Waals surface area contributed by atoms with Crippen LogP contribution in [0.3, 0.4) is 0 Å². The SMILES string of the molecule is CC.Cc1ccc2c(c1)OCCC2.Cc1ccccc1. The molecular formula is C19H26O. The topological polar surface area (TPSA) is 9.23 Å². The molecular weight excluding hydrogens is 244 g/mol. The van der Waals surface area contributed by atoms with Crippen LogP contribution >= 0.6 is 0 Å². The predicted molar refractivity (Wildman–Crippen MR) is 87.5 cm³/mol. The molecule has 20 heavy (non-hydrogen) atoms. The number of fused-ring (bicyclic) bond motifs is 1. The van der Waals surface area contributed by atoms with E-state index in [0.29, 0.717) is 0 Å². The Morgan fingerprint density at radius 2 is 1.55 bits per heavy atom. The van der Waals surface area contributed by atoms with Crippen LogP contribution < -0.4 is 4.74 Å². The van der Waals surface area contributed by atoms with Gasteiger partial charge in [0.15, 0.2) is 0 Å². The quantitative estimate of drug-likeness (QED) is 0.627. The standard InChI is InChI=1S/C10H12O.C7H8.C2H6/c1-8-4-5-9-3-2-6-11-10(9)7-8;1-7-5-3-2-4-6-7;1-2/h4-5,7H,2-3,6H2,1H3;2-6H,1H3;1-2H3. The van der Waals surface area contributed by atoms with E-state index in [4.69, 9.17) is 4.74 Å². The van der Waals surface area contributed by atoms with Crippen molar-refractivity contribution in [3.63, 3.8) is 0 Å². The molecule has 0 spiro atoms. The molecule has 0 radical (unpaired) electrons. The number of ether oxygens (including phenoxy) is 1. The highest BCUT2D eigenvalue weighted by atomic mass is 16.5. The lowest BCUT2D eigenvalue weighted by molar-refractivity contribution is 0.288. The van der Waals surface area contributed by atoms with E-state index in [2.05, 4.69) is 44.2 Å². The normalized spacial score (nSPS) is 11.8. The van der Waals surface area contributed by atoms with E-state index < -0.39 is 0 Å². The van der Waals surface area contributed by atoms with Gasteiger partial charge in [-0.2, -0.15) is 0 Å². The summed E-state index contributed by atoms with van der Waals surface area (Å²) < 4.78 is 5.50. The minimum absolute atomic E-state index is 0.885. The number of hydrogen-bond donors (Lipinski definition) is 0. The largest absolute Gasteiger partial charge is 0.493 e. The average molecular weight is 270 g/mol. The molecule has 0 saturated heterocycles. The Kier molecular flexibility index (Phi) is 7.49. The fraction of sp³-hybridized carbons (Fsp3) is 0.368. The molecule has 3 rings (SSSR count). The van der Waals surface area contributed by atoms with Gasteiger partial charge < -0.3 is 4.74 Å². The molecule has 0 fully saturated rings. The van der Waals surface area contributed by atoms with Crippen molar-refractivity contribution in [1.82, 2.24) is 0 Å². The summed E-state index contributed by atoms with van der Waals surface area (Å²) in [6.45, 7) is 9.06. The van der Waals surface area contributed by atoms with Crippen molar-refractivity contribution in [3.8, 4) is 5.75 Å². The molecule has 0 aromatic heterocycles. The van der Waals surface area contributed by atoms with Crippen molar-refractivity contribution >= 4 is 0 Å². The van der Waals surface area contributed by atoms with Crippen LogP contribution in [0.25, 0.3) is 0 Å². The Hall–Kier alpha value is -1.76. The van der Waals surface area contributed by atoms with Gasteiger partial charge in [0.2, 0.25) is 0 Å². The van der Waals surface area contributed by atoms with Crippen molar-refractivity contribution in [2.45, 2.75) is 40.5 Å². The molecule has 0 amide bonds. The lowest BCUT2D eigenvalue weighted by Crippen LogP contribution is -2.07. The number of benzene rings is 2. The minimum atomic E-state index is 0.885.